The monoisotopic (exact) mass is 266 g/mol. The number of halogens is 1. The standard InChI is InChI=1S/C14H19ClN2O/c1-8(7-16)14-9(2)17(3)12-6-11(15)13(18-4)5-10(12)14/h5-6,8H,7,16H2,1-4H3. The summed E-state index contributed by atoms with van der Waals surface area (Å²) in [6.45, 7) is 4.88. The normalized spacial score (nSPS) is 13.0. The third kappa shape index (κ3) is 1.88. The fourth-order valence-corrected chi connectivity index (χ4v) is 2.72. The van der Waals surface area contributed by atoms with Gasteiger partial charge in [0, 0.05) is 18.1 Å². The first-order chi connectivity index (χ1) is 8.51. The van der Waals surface area contributed by atoms with Crippen molar-refractivity contribution in [1.82, 2.24) is 4.57 Å². The van der Waals surface area contributed by atoms with Crippen LogP contribution in [0.4, 0.5) is 0 Å². The number of ether oxygens (including phenoxy) is 1. The molecule has 0 fully saturated rings. The second-order valence-electron chi connectivity index (χ2n) is 4.70. The van der Waals surface area contributed by atoms with Gasteiger partial charge in [0.25, 0.3) is 0 Å². The van der Waals surface area contributed by atoms with Crippen molar-refractivity contribution in [3.05, 3.63) is 28.4 Å². The van der Waals surface area contributed by atoms with Gasteiger partial charge in [-0.15, -0.1) is 0 Å². The zero-order valence-corrected chi connectivity index (χ0v) is 12.0. The Morgan fingerprint density at radius 2 is 2.11 bits per heavy atom. The molecule has 3 nitrogen and oxygen atoms in total. The number of benzene rings is 1. The molecule has 2 aromatic rings. The van der Waals surface area contributed by atoms with Crippen LogP contribution >= 0.6 is 11.6 Å². The van der Waals surface area contributed by atoms with Crippen molar-refractivity contribution in [1.29, 1.82) is 0 Å². The highest BCUT2D eigenvalue weighted by atomic mass is 35.5. The van der Waals surface area contributed by atoms with E-state index in [1.807, 2.05) is 19.2 Å². The van der Waals surface area contributed by atoms with E-state index >= 15 is 0 Å². The van der Waals surface area contributed by atoms with Crippen molar-refractivity contribution in [2.24, 2.45) is 12.8 Å². The summed E-state index contributed by atoms with van der Waals surface area (Å²) >= 11 is 6.19. The summed E-state index contributed by atoms with van der Waals surface area (Å²) in [4.78, 5) is 0. The van der Waals surface area contributed by atoms with E-state index in [0.29, 0.717) is 23.2 Å². The summed E-state index contributed by atoms with van der Waals surface area (Å²) in [6.07, 6.45) is 0. The summed E-state index contributed by atoms with van der Waals surface area (Å²) in [5.74, 6) is 1.03. The van der Waals surface area contributed by atoms with Gasteiger partial charge in [-0.2, -0.15) is 0 Å². The first-order valence-electron chi connectivity index (χ1n) is 6.03. The second-order valence-corrected chi connectivity index (χ2v) is 5.11. The molecule has 0 saturated heterocycles. The lowest BCUT2D eigenvalue weighted by molar-refractivity contribution is 0.415. The molecule has 1 unspecified atom stereocenters. The molecule has 2 N–H and O–H groups in total. The number of rotatable bonds is 3. The number of nitrogens with two attached hydrogens (primary N) is 1. The van der Waals surface area contributed by atoms with Crippen LogP contribution in [0.2, 0.25) is 5.02 Å². The van der Waals surface area contributed by atoms with Gasteiger partial charge in [-0.1, -0.05) is 18.5 Å². The Bertz CT molecular complexity index is 589. The first kappa shape index (κ1) is 13.2. The van der Waals surface area contributed by atoms with Crippen LogP contribution in [0.3, 0.4) is 0 Å². The van der Waals surface area contributed by atoms with Gasteiger partial charge < -0.3 is 15.0 Å². The van der Waals surface area contributed by atoms with Crippen LogP contribution in [0, 0.1) is 6.92 Å². The van der Waals surface area contributed by atoms with Gasteiger partial charge in [0.15, 0.2) is 0 Å². The molecular formula is C14H19ClN2O. The van der Waals surface area contributed by atoms with E-state index in [-0.39, 0.29) is 0 Å². The third-order valence-electron chi connectivity index (χ3n) is 3.66. The first-order valence-corrected chi connectivity index (χ1v) is 6.41. The summed E-state index contributed by atoms with van der Waals surface area (Å²) in [7, 11) is 3.68. The maximum atomic E-state index is 6.19. The van der Waals surface area contributed by atoms with Crippen molar-refractivity contribution in [2.75, 3.05) is 13.7 Å². The molecule has 1 aromatic heterocycles. The molecule has 0 aliphatic carbocycles. The third-order valence-corrected chi connectivity index (χ3v) is 3.96. The number of aryl methyl sites for hydroxylation is 1. The average Bonchev–Trinajstić information content (AvgIpc) is 2.60. The highest BCUT2D eigenvalue weighted by Crippen LogP contribution is 2.36. The summed E-state index contributed by atoms with van der Waals surface area (Å²) in [5.41, 5.74) is 9.44. The van der Waals surface area contributed by atoms with E-state index in [2.05, 4.69) is 18.4 Å². The van der Waals surface area contributed by atoms with Crippen molar-refractivity contribution in [3.63, 3.8) is 0 Å². The van der Waals surface area contributed by atoms with Crippen LogP contribution in [0.1, 0.15) is 24.1 Å². The van der Waals surface area contributed by atoms with Crippen molar-refractivity contribution >= 4 is 22.5 Å². The summed E-state index contributed by atoms with van der Waals surface area (Å²) in [5, 5.41) is 1.81. The van der Waals surface area contributed by atoms with E-state index in [1.54, 1.807) is 7.11 Å². The molecule has 1 aromatic carbocycles. The fourth-order valence-electron chi connectivity index (χ4n) is 2.49. The van der Waals surface area contributed by atoms with E-state index in [9.17, 15) is 0 Å². The number of methoxy groups -OCH3 is 1. The Labute approximate surface area is 112 Å². The Hall–Kier alpha value is -1.19. The quantitative estimate of drug-likeness (QED) is 0.927. The molecule has 1 heterocycles. The zero-order valence-electron chi connectivity index (χ0n) is 11.2. The Morgan fingerprint density at radius 3 is 2.67 bits per heavy atom. The Kier molecular flexibility index (Phi) is 3.55. The van der Waals surface area contributed by atoms with Crippen LogP contribution in [-0.2, 0) is 7.05 Å². The van der Waals surface area contributed by atoms with Gasteiger partial charge in [-0.3, -0.25) is 0 Å². The van der Waals surface area contributed by atoms with Gasteiger partial charge in [0.2, 0.25) is 0 Å². The lowest BCUT2D eigenvalue weighted by Crippen LogP contribution is -2.10. The van der Waals surface area contributed by atoms with Gasteiger partial charge in [-0.05, 0) is 37.1 Å². The number of fused-ring (bicyclic) bond motifs is 1. The fraction of sp³-hybridized carbons (Fsp3) is 0.429. The number of hydrogen-bond acceptors (Lipinski definition) is 2. The van der Waals surface area contributed by atoms with Gasteiger partial charge in [0.1, 0.15) is 5.75 Å². The predicted octanol–water partition coefficient (Wildman–Crippen LogP) is 3.21. The Morgan fingerprint density at radius 1 is 1.44 bits per heavy atom. The molecule has 0 aliphatic heterocycles. The zero-order chi connectivity index (χ0) is 13.4. The van der Waals surface area contributed by atoms with E-state index in [4.69, 9.17) is 22.1 Å². The largest absolute Gasteiger partial charge is 0.495 e. The minimum atomic E-state index is 0.319. The molecule has 1 atom stereocenters. The topological polar surface area (TPSA) is 40.2 Å². The van der Waals surface area contributed by atoms with Crippen LogP contribution in [0.5, 0.6) is 5.75 Å². The van der Waals surface area contributed by atoms with E-state index in [0.717, 1.165) is 5.52 Å². The van der Waals surface area contributed by atoms with Gasteiger partial charge >= 0.3 is 0 Å². The van der Waals surface area contributed by atoms with Gasteiger partial charge in [-0.25, -0.2) is 0 Å². The molecular weight excluding hydrogens is 248 g/mol. The highest BCUT2D eigenvalue weighted by molar-refractivity contribution is 6.32. The van der Waals surface area contributed by atoms with E-state index < -0.39 is 0 Å². The minimum absolute atomic E-state index is 0.319. The smallest absolute Gasteiger partial charge is 0.138 e. The second kappa shape index (κ2) is 4.82. The lowest BCUT2D eigenvalue weighted by Gasteiger charge is -2.10. The maximum absolute atomic E-state index is 6.19. The molecule has 0 bridgehead atoms. The average molecular weight is 267 g/mol. The molecule has 4 heteroatoms. The molecule has 18 heavy (non-hydrogen) atoms. The predicted molar refractivity (Wildman–Crippen MR) is 76.7 cm³/mol. The van der Waals surface area contributed by atoms with Gasteiger partial charge in [0.05, 0.1) is 17.6 Å². The maximum Gasteiger partial charge on any atom is 0.138 e. The molecule has 0 amide bonds. The highest BCUT2D eigenvalue weighted by Gasteiger charge is 2.18. The van der Waals surface area contributed by atoms with Crippen molar-refractivity contribution in [3.8, 4) is 5.75 Å². The summed E-state index contributed by atoms with van der Waals surface area (Å²) in [6, 6.07) is 3.96. The van der Waals surface area contributed by atoms with Crippen molar-refractivity contribution in [2.45, 2.75) is 19.8 Å². The molecule has 2 rings (SSSR count). The number of hydrogen-bond donors (Lipinski definition) is 1. The number of aromatic nitrogens is 1. The van der Waals surface area contributed by atoms with Crippen LogP contribution in [0.25, 0.3) is 10.9 Å². The lowest BCUT2D eigenvalue weighted by atomic mass is 9.98. The summed E-state index contributed by atoms with van der Waals surface area (Å²) < 4.78 is 7.45. The minimum Gasteiger partial charge on any atom is -0.495 e. The SMILES string of the molecule is COc1cc2c(C(C)CN)c(C)n(C)c2cc1Cl. The molecule has 0 aliphatic rings. The molecule has 0 saturated carbocycles. The van der Waals surface area contributed by atoms with Crippen LogP contribution in [-0.4, -0.2) is 18.2 Å². The van der Waals surface area contributed by atoms with E-state index in [1.165, 1.54) is 16.6 Å². The van der Waals surface area contributed by atoms with Crippen molar-refractivity contribution < 1.29 is 4.74 Å². The molecule has 98 valence electrons. The molecule has 0 radical (unpaired) electrons. The molecule has 0 spiro atoms. The van der Waals surface area contributed by atoms with Crippen LogP contribution < -0.4 is 10.5 Å². The Balaban J connectivity index is 2.81. The van der Waals surface area contributed by atoms with Crippen LogP contribution in [0.15, 0.2) is 12.1 Å². The number of nitrogens with zero attached hydrogens (tertiary/aromatic N) is 1.